The van der Waals surface area contributed by atoms with Crippen molar-refractivity contribution in [2.24, 2.45) is 46.3 Å². The third-order valence-corrected chi connectivity index (χ3v) is 13.8. The average Bonchev–Trinajstić information content (AvgIpc) is 3.39. The van der Waals surface area contributed by atoms with E-state index in [1.54, 1.807) is 11.1 Å². The predicted molar refractivity (Wildman–Crippen MR) is 198 cm³/mol. The van der Waals surface area contributed by atoms with Gasteiger partial charge in [0.25, 0.3) is 0 Å². The van der Waals surface area contributed by atoms with E-state index >= 15 is 0 Å². The first-order chi connectivity index (χ1) is 22.1. The number of carbonyl (C=O) groups is 1. The molecular weight excluding hydrogens is 560 g/mol. The SMILES string of the molecule is CCCCCCCCCCCCCCCC(=O)O[C@H]1CC[C@@]2(C)C(=CC=C3[C@@H]4CC[C@H]([C@H](C)/C=C/[C@H](C)C(C)C)[C@@]4(C)CC[C@@H]32)C1. The van der Waals surface area contributed by atoms with E-state index in [2.05, 4.69) is 72.8 Å². The smallest absolute Gasteiger partial charge is 0.306 e. The maximum atomic E-state index is 12.8. The number of carbonyl (C=O) groups excluding carboxylic acids is 1. The van der Waals surface area contributed by atoms with E-state index in [-0.39, 0.29) is 17.5 Å². The number of rotatable bonds is 19. The predicted octanol–water partition coefficient (Wildman–Crippen LogP) is 13.4. The van der Waals surface area contributed by atoms with Crippen LogP contribution in [0.2, 0.25) is 0 Å². The summed E-state index contributed by atoms with van der Waals surface area (Å²) < 4.78 is 6.10. The van der Waals surface area contributed by atoms with Gasteiger partial charge >= 0.3 is 5.97 Å². The van der Waals surface area contributed by atoms with E-state index < -0.39 is 0 Å². The normalized spacial score (nSPS) is 32.0. The van der Waals surface area contributed by atoms with Crippen LogP contribution in [0.25, 0.3) is 0 Å². The third-order valence-electron chi connectivity index (χ3n) is 13.8. The Bertz CT molecular complexity index is 1030. The van der Waals surface area contributed by atoms with Crippen molar-refractivity contribution in [3.8, 4) is 0 Å². The van der Waals surface area contributed by atoms with Crippen LogP contribution in [-0.4, -0.2) is 12.1 Å². The maximum absolute atomic E-state index is 12.8. The highest BCUT2D eigenvalue weighted by molar-refractivity contribution is 5.69. The molecule has 0 saturated heterocycles. The number of hydrogen-bond acceptors (Lipinski definition) is 2. The van der Waals surface area contributed by atoms with E-state index in [9.17, 15) is 4.79 Å². The molecule has 0 amide bonds. The molecule has 0 aromatic rings. The van der Waals surface area contributed by atoms with Gasteiger partial charge in [0.15, 0.2) is 0 Å². The lowest BCUT2D eigenvalue weighted by Crippen LogP contribution is -2.46. The molecule has 0 aromatic carbocycles. The van der Waals surface area contributed by atoms with Crippen molar-refractivity contribution in [2.75, 3.05) is 0 Å². The van der Waals surface area contributed by atoms with Crippen LogP contribution >= 0.6 is 0 Å². The topological polar surface area (TPSA) is 26.3 Å². The largest absolute Gasteiger partial charge is 0.462 e. The zero-order chi connectivity index (χ0) is 33.2. The van der Waals surface area contributed by atoms with Crippen LogP contribution in [0.1, 0.15) is 183 Å². The van der Waals surface area contributed by atoms with Gasteiger partial charge in [-0.05, 0) is 91.3 Å². The molecule has 0 spiro atoms. The van der Waals surface area contributed by atoms with Gasteiger partial charge in [0.05, 0.1) is 0 Å². The number of hydrogen-bond donors (Lipinski definition) is 0. The highest BCUT2D eigenvalue weighted by Gasteiger charge is 2.57. The molecule has 0 radical (unpaired) electrons. The number of esters is 1. The lowest BCUT2D eigenvalue weighted by molar-refractivity contribution is -0.151. The number of fused-ring (bicyclic) bond motifs is 5. The van der Waals surface area contributed by atoms with Crippen LogP contribution in [0.15, 0.2) is 35.5 Å². The van der Waals surface area contributed by atoms with Crippen molar-refractivity contribution in [1.82, 2.24) is 0 Å². The van der Waals surface area contributed by atoms with Gasteiger partial charge in [-0.1, -0.05) is 161 Å². The molecule has 46 heavy (non-hydrogen) atoms. The molecule has 0 bridgehead atoms. The Morgan fingerprint density at radius 2 is 1.41 bits per heavy atom. The van der Waals surface area contributed by atoms with E-state index in [0.717, 1.165) is 37.5 Å². The Morgan fingerprint density at radius 3 is 2.04 bits per heavy atom. The molecule has 4 aliphatic rings. The lowest BCUT2D eigenvalue weighted by Gasteiger charge is -2.55. The second-order valence-electron chi connectivity index (χ2n) is 17.3. The summed E-state index contributed by atoms with van der Waals surface area (Å²) in [4.78, 5) is 12.8. The molecule has 4 aliphatic carbocycles. The van der Waals surface area contributed by atoms with Crippen LogP contribution in [-0.2, 0) is 9.53 Å². The van der Waals surface area contributed by atoms with Gasteiger partial charge in [0, 0.05) is 12.8 Å². The molecule has 2 heteroatoms. The molecule has 2 nitrogen and oxygen atoms in total. The number of allylic oxidation sites excluding steroid dienone is 5. The second kappa shape index (κ2) is 17.9. The summed E-state index contributed by atoms with van der Waals surface area (Å²) in [6, 6.07) is 0. The van der Waals surface area contributed by atoms with E-state index in [1.165, 1.54) is 103 Å². The zero-order valence-corrected chi connectivity index (χ0v) is 31.5. The van der Waals surface area contributed by atoms with E-state index in [1.807, 2.05) is 0 Å². The summed E-state index contributed by atoms with van der Waals surface area (Å²) in [6.45, 7) is 17.0. The summed E-state index contributed by atoms with van der Waals surface area (Å²) in [5.74, 6) is 4.27. The minimum absolute atomic E-state index is 0.0423. The van der Waals surface area contributed by atoms with E-state index in [4.69, 9.17) is 4.74 Å². The van der Waals surface area contributed by atoms with Crippen LogP contribution in [0, 0.1) is 46.3 Å². The van der Waals surface area contributed by atoms with E-state index in [0.29, 0.717) is 35.5 Å². The Labute approximate surface area is 286 Å². The molecule has 262 valence electrons. The lowest BCUT2D eigenvalue weighted by atomic mass is 9.50. The maximum Gasteiger partial charge on any atom is 0.306 e. The Kier molecular flexibility index (Phi) is 14.6. The minimum atomic E-state index is 0.0423. The molecule has 0 N–H and O–H groups in total. The van der Waals surface area contributed by atoms with Crippen LogP contribution < -0.4 is 0 Å². The summed E-state index contributed by atoms with van der Waals surface area (Å²) >= 11 is 0. The van der Waals surface area contributed by atoms with Crippen molar-refractivity contribution in [1.29, 1.82) is 0 Å². The Balaban J connectivity index is 1.19. The van der Waals surface area contributed by atoms with Crippen molar-refractivity contribution in [3.63, 3.8) is 0 Å². The highest BCUT2D eigenvalue weighted by atomic mass is 16.5. The first kappa shape index (κ1) is 37.5. The molecule has 8 atom stereocenters. The van der Waals surface area contributed by atoms with Crippen LogP contribution in [0.3, 0.4) is 0 Å². The summed E-state index contributed by atoms with van der Waals surface area (Å²) in [6.07, 6.45) is 36.7. The fourth-order valence-electron chi connectivity index (χ4n) is 10.2. The Hall–Kier alpha value is -1.31. The van der Waals surface area contributed by atoms with Gasteiger partial charge in [-0.2, -0.15) is 0 Å². The standard InChI is InChI=1S/C44H74O2/c1-8-9-10-11-12-13-14-15-16-17-18-19-20-21-42(45)46-37-28-30-43(6)36(32-37)24-25-38-40-27-26-39(44(40,7)31-29-41(38)43)35(5)23-22-34(4)33(2)3/h22-25,33-35,37,39-41H,8-21,26-32H2,1-7H3/b23-22+/t34-,35+,37-,39+,40-,41-,43-,44+/m0/s1. The van der Waals surface area contributed by atoms with Crippen molar-refractivity contribution in [3.05, 3.63) is 35.5 Å². The number of unbranched alkanes of at least 4 members (excludes halogenated alkanes) is 12. The molecule has 3 saturated carbocycles. The fraction of sp³-hybridized carbons (Fsp3) is 0.841. The molecule has 3 fully saturated rings. The van der Waals surface area contributed by atoms with Crippen LogP contribution in [0.5, 0.6) is 0 Å². The summed E-state index contributed by atoms with van der Waals surface area (Å²) in [7, 11) is 0. The van der Waals surface area contributed by atoms with Crippen molar-refractivity contribution < 1.29 is 9.53 Å². The summed E-state index contributed by atoms with van der Waals surface area (Å²) in [5.41, 5.74) is 4.00. The third kappa shape index (κ3) is 9.43. The molecule has 4 rings (SSSR count). The minimum Gasteiger partial charge on any atom is -0.462 e. The molecule has 0 aliphatic heterocycles. The molecule has 0 heterocycles. The van der Waals surface area contributed by atoms with Crippen molar-refractivity contribution >= 4 is 5.97 Å². The van der Waals surface area contributed by atoms with Gasteiger partial charge in [0.2, 0.25) is 0 Å². The van der Waals surface area contributed by atoms with Gasteiger partial charge in [0.1, 0.15) is 6.10 Å². The quantitative estimate of drug-likeness (QED) is 0.0802. The summed E-state index contributed by atoms with van der Waals surface area (Å²) in [5, 5.41) is 0. The fourth-order valence-corrected chi connectivity index (χ4v) is 10.2. The zero-order valence-electron chi connectivity index (χ0n) is 31.5. The van der Waals surface area contributed by atoms with Gasteiger partial charge in [-0.15, -0.1) is 0 Å². The molecule has 0 aromatic heterocycles. The van der Waals surface area contributed by atoms with Crippen LogP contribution in [0.4, 0.5) is 0 Å². The first-order valence-electron chi connectivity index (χ1n) is 20.4. The van der Waals surface area contributed by atoms with Gasteiger partial charge in [-0.25, -0.2) is 0 Å². The average molecular weight is 635 g/mol. The van der Waals surface area contributed by atoms with Crippen molar-refractivity contribution in [2.45, 2.75) is 189 Å². The van der Waals surface area contributed by atoms with Gasteiger partial charge < -0.3 is 4.74 Å². The second-order valence-corrected chi connectivity index (χ2v) is 17.3. The Morgan fingerprint density at radius 1 is 0.783 bits per heavy atom. The molecule has 0 unspecified atom stereocenters. The number of ether oxygens (including phenoxy) is 1. The first-order valence-corrected chi connectivity index (χ1v) is 20.4. The van der Waals surface area contributed by atoms with Gasteiger partial charge in [-0.3, -0.25) is 4.79 Å². The molecular formula is C44H74O2. The monoisotopic (exact) mass is 635 g/mol. The highest BCUT2D eigenvalue weighted by Crippen LogP contribution is 2.66.